The molecule has 1 amide bonds. The zero-order valence-electron chi connectivity index (χ0n) is 13.9. The SMILES string of the molecule is COC1(CC(=O)NCc2ccc(OCC(C)C)cc2)CCC1. The van der Waals surface area contributed by atoms with Gasteiger partial charge < -0.3 is 14.8 Å². The second kappa shape index (κ2) is 7.63. The summed E-state index contributed by atoms with van der Waals surface area (Å²) in [5.41, 5.74) is 0.865. The highest BCUT2D eigenvalue weighted by Gasteiger charge is 2.38. The highest BCUT2D eigenvalue weighted by atomic mass is 16.5. The van der Waals surface area contributed by atoms with Crippen LogP contribution in [-0.4, -0.2) is 25.2 Å². The van der Waals surface area contributed by atoms with Gasteiger partial charge in [-0.15, -0.1) is 0 Å². The van der Waals surface area contributed by atoms with E-state index in [1.165, 1.54) is 0 Å². The van der Waals surface area contributed by atoms with Crippen LogP contribution < -0.4 is 10.1 Å². The maximum atomic E-state index is 12.0. The lowest BCUT2D eigenvalue weighted by Crippen LogP contribution is -2.43. The van der Waals surface area contributed by atoms with E-state index in [1.807, 2.05) is 24.3 Å². The largest absolute Gasteiger partial charge is 0.493 e. The summed E-state index contributed by atoms with van der Waals surface area (Å²) in [7, 11) is 1.70. The van der Waals surface area contributed by atoms with Crippen LogP contribution in [0, 0.1) is 5.92 Å². The van der Waals surface area contributed by atoms with Gasteiger partial charge in [-0.1, -0.05) is 26.0 Å². The maximum absolute atomic E-state index is 12.0. The third kappa shape index (κ3) is 4.73. The van der Waals surface area contributed by atoms with Crippen LogP contribution >= 0.6 is 0 Å². The molecule has 0 radical (unpaired) electrons. The zero-order valence-corrected chi connectivity index (χ0v) is 13.9. The number of methoxy groups -OCH3 is 1. The summed E-state index contributed by atoms with van der Waals surface area (Å²) in [5, 5.41) is 2.97. The Bertz CT molecular complexity index is 472. The van der Waals surface area contributed by atoms with Crippen molar-refractivity contribution in [2.24, 2.45) is 5.92 Å². The van der Waals surface area contributed by atoms with Crippen LogP contribution in [0.5, 0.6) is 5.75 Å². The molecule has 1 aromatic carbocycles. The molecule has 1 aliphatic rings. The summed E-state index contributed by atoms with van der Waals surface area (Å²) >= 11 is 0. The van der Waals surface area contributed by atoms with Crippen molar-refractivity contribution < 1.29 is 14.3 Å². The molecule has 0 spiro atoms. The first kappa shape index (κ1) is 16.8. The Labute approximate surface area is 133 Å². The second-order valence-corrected chi connectivity index (χ2v) is 6.54. The van der Waals surface area contributed by atoms with Gasteiger partial charge in [0.25, 0.3) is 0 Å². The standard InChI is InChI=1S/C18H27NO3/c1-14(2)13-22-16-7-5-15(6-8-16)12-19-17(20)11-18(21-3)9-4-10-18/h5-8,14H,4,9-13H2,1-3H3,(H,19,20). The molecule has 4 heteroatoms. The highest BCUT2D eigenvalue weighted by Crippen LogP contribution is 2.37. The highest BCUT2D eigenvalue weighted by molar-refractivity contribution is 5.77. The van der Waals surface area contributed by atoms with Crippen molar-refractivity contribution in [1.29, 1.82) is 0 Å². The normalized spacial score (nSPS) is 16.2. The van der Waals surface area contributed by atoms with E-state index >= 15 is 0 Å². The van der Waals surface area contributed by atoms with Crippen LogP contribution in [0.15, 0.2) is 24.3 Å². The molecule has 122 valence electrons. The van der Waals surface area contributed by atoms with E-state index in [2.05, 4.69) is 19.2 Å². The molecule has 1 aliphatic carbocycles. The molecule has 0 aromatic heterocycles. The lowest BCUT2D eigenvalue weighted by atomic mass is 9.77. The zero-order chi connectivity index (χ0) is 16.0. The number of rotatable bonds is 8. The van der Waals surface area contributed by atoms with Gasteiger partial charge in [-0.2, -0.15) is 0 Å². The number of nitrogens with one attached hydrogen (secondary N) is 1. The Morgan fingerprint density at radius 1 is 1.27 bits per heavy atom. The van der Waals surface area contributed by atoms with Crippen LogP contribution in [0.4, 0.5) is 0 Å². The number of hydrogen-bond donors (Lipinski definition) is 1. The third-order valence-corrected chi connectivity index (χ3v) is 4.18. The molecule has 0 aliphatic heterocycles. The van der Waals surface area contributed by atoms with E-state index in [1.54, 1.807) is 7.11 Å². The first-order valence-corrected chi connectivity index (χ1v) is 8.06. The minimum absolute atomic E-state index is 0.0571. The van der Waals surface area contributed by atoms with Gasteiger partial charge in [0.2, 0.25) is 5.91 Å². The topological polar surface area (TPSA) is 47.6 Å². The quantitative estimate of drug-likeness (QED) is 0.801. The minimum Gasteiger partial charge on any atom is -0.493 e. The van der Waals surface area contributed by atoms with Gasteiger partial charge >= 0.3 is 0 Å². The Balaban J connectivity index is 1.75. The number of ether oxygens (including phenoxy) is 2. The predicted molar refractivity (Wildman–Crippen MR) is 86.8 cm³/mol. The smallest absolute Gasteiger partial charge is 0.223 e. The predicted octanol–water partition coefficient (Wildman–Crippen LogP) is 3.30. The van der Waals surface area contributed by atoms with Crippen molar-refractivity contribution in [1.82, 2.24) is 5.32 Å². The summed E-state index contributed by atoms with van der Waals surface area (Å²) in [6.07, 6.45) is 3.58. The van der Waals surface area contributed by atoms with Gasteiger partial charge in [-0.25, -0.2) is 0 Å². The molecule has 0 saturated heterocycles. The summed E-state index contributed by atoms with van der Waals surface area (Å²) < 4.78 is 11.1. The fraction of sp³-hybridized carbons (Fsp3) is 0.611. The first-order valence-electron chi connectivity index (χ1n) is 8.06. The molecule has 0 heterocycles. The molecule has 0 atom stereocenters. The average molecular weight is 305 g/mol. The molecule has 2 rings (SSSR count). The number of amides is 1. The maximum Gasteiger partial charge on any atom is 0.223 e. The van der Waals surface area contributed by atoms with Crippen molar-refractivity contribution in [3.8, 4) is 5.75 Å². The third-order valence-electron chi connectivity index (χ3n) is 4.18. The number of hydrogen-bond acceptors (Lipinski definition) is 3. The first-order chi connectivity index (χ1) is 10.5. The summed E-state index contributed by atoms with van der Waals surface area (Å²) in [6.45, 7) is 5.51. The molecule has 22 heavy (non-hydrogen) atoms. The van der Waals surface area contributed by atoms with E-state index in [9.17, 15) is 4.79 Å². The lowest BCUT2D eigenvalue weighted by molar-refractivity contribution is -0.134. The molecule has 0 bridgehead atoms. The second-order valence-electron chi connectivity index (χ2n) is 6.54. The fourth-order valence-corrected chi connectivity index (χ4v) is 2.55. The van der Waals surface area contributed by atoms with Crippen LogP contribution in [0.1, 0.15) is 45.1 Å². The molecule has 1 aromatic rings. The molecular weight excluding hydrogens is 278 g/mol. The number of carbonyl (C=O) groups excluding carboxylic acids is 1. The van der Waals surface area contributed by atoms with Crippen LogP contribution in [0.2, 0.25) is 0 Å². The monoisotopic (exact) mass is 305 g/mol. The Kier molecular flexibility index (Phi) is 5.83. The summed E-state index contributed by atoms with van der Waals surface area (Å²) in [4.78, 5) is 12.0. The van der Waals surface area contributed by atoms with Crippen molar-refractivity contribution in [2.75, 3.05) is 13.7 Å². The van der Waals surface area contributed by atoms with Gasteiger partial charge in [0, 0.05) is 13.7 Å². The molecule has 1 saturated carbocycles. The van der Waals surface area contributed by atoms with Crippen LogP contribution in [-0.2, 0) is 16.1 Å². The molecule has 0 unspecified atom stereocenters. The fourth-order valence-electron chi connectivity index (χ4n) is 2.55. The van der Waals surface area contributed by atoms with Crippen molar-refractivity contribution >= 4 is 5.91 Å². The van der Waals surface area contributed by atoms with E-state index in [0.717, 1.165) is 37.2 Å². The van der Waals surface area contributed by atoms with Gasteiger partial charge in [0.1, 0.15) is 5.75 Å². The van der Waals surface area contributed by atoms with E-state index in [-0.39, 0.29) is 11.5 Å². The molecule has 1 fully saturated rings. The van der Waals surface area contributed by atoms with Crippen molar-refractivity contribution in [3.63, 3.8) is 0 Å². The molecule has 4 nitrogen and oxygen atoms in total. The lowest BCUT2D eigenvalue weighted by Gasteiger charge is -2.39. The minimum atomic E-state index is -0.210. The number of benzene rings is 1. The molecular formula is C18H27NO3. The Morgan fingerprint density at radius 2 is 1.95 bits per heavy atom. The van der Waals surface area contributed by atoms with E-state index < -0.39 is 0 Å². The van der Waals surface area contributed by atoms with Gasteiger partial charge in [0.05, 0.1) is 18.6 Å². The van der Waals surface area contributed by atoms with Gasteiger partial charge in [-0.3, -0.25) is 4.79 Å². The molecule has 1 N–H and O–H groups in total. The van der Waals surface area contributed by atoms with E-state index in [4.69, 9.17) is 9.47 Å². The average Bonchev–Trinajstić information content (AvgIpc) is 2.48. The summed E-state index contributed by atoms with van der Waals surface area (Å²) in [5.74, 6) is 1.44. The van der Waals surface area contributed by atoms with E-state index in [0.29, 0.717) is 18.9 Å². The Morgan fingerprint density at radius 3 is 2.45 bits per heavy atom. The Hall–Kier alpha value is -1.55. The number of carbonyl (C=O) groups is 1. The van der Waals surface area contributed by atoms with Crippen LogP contribution in [0.25, 0.3) is 0 Å². The van der Waals surface area contributed by atoms with Crippen LogP contribution in [0.3, 0.4) is 0 Å². The van der Waals surface area contributed by atoms with Gasteiger partial charge in [0.15, 0.2) is 0 Å². The van der Waals surface area contributed by atoms with Crippen molar-refractivity contribution in [2.45, 2.75) is 51.7 Å². The van der Waals surface area contributed by atoms with Crippen molar-refractivity contribution in [3.05, 3.63) is 29.8 Å². The van der Waals surface area contributed by atoms with Gasteiger partial charge in [-0.05, 0) is 42.9 Å². The summed E-state index contributed by atoms with van der Waals surface area (Å²) in [6, 6.07) is 7.88.